The van der Waals surface area contributed by atoms with Crippen molar-refractivity contribution in [1.82, 2.24) is 9.97 Å². The molecule has 0 aliphatic rings. The highest BCUT2D eigenvalue weighted by molar-refractivity contribution is 6.23. The molecule has 2 heterocycles. The van der Waals surface area contributed by atoms with Gasteiger partial charge in [0.1, 0.15) is 11.2 Å². The van der Waals surface area contributed by atoms with Gasteiger partial charge in [-0.1, -0.05) is 176 Å². The minimum Gasteiger partial charge on any atom is -0.455 e. The van der Waals surface area contributed by atoms with Crippen LogP contribution < -0.4 is 0 Å². The van der Waals surface area contributed by atoms with Crippen molar-refractivity contribution >= 4 is 54.5 Å². The van der Waals surface area contributed by atoms with E-state index < -0.39 is 0 Å². The Bertz CT molecular complexity index is 3200. The third kappa shape index (κ3) is 5.28. The number of fused-ring (bicyclic) bond motifs is 9. The largest absolute Gasteiger partial charge is 0.455 e. The Balaban J connectivity index is 0.849. The molecular formula is C52H32N2O. The SMILES string of the molecule is c1cc(-c2ccc(-c3ccc(-c4cnc5c6ccccc6c6ccccc6c5n4)cc3)cc2)cc(-c2ccc(-c3cccc4c3oc3ccccc34)cc2)c1. The molecule has 0 saturated carbocycles. The lowest BCUT2D eigenvalue weighted by atomic mass is 9.95. The second kappa shape index (κ2) is 12.6. The Kier molecular flexibility index (Phi) is 7.17. The normalized spacial score (nSPS) is 11.6. The Morgan fingerprint density at radius 2 is 0.800 bits per heavy atom. The van der Waals surface area contributed by atoms with Crippen LogP contribution in [0.4, 0.5) is 0 Å². The number of para-hydroxylation sites is 2. The molecule has 0 aliphatic carbocycles. The first-order valence-corrected chi connectivity index (χ1v) is 18.6. The van der Waals surface area contributed by atoms with Crippen LogP contribution in [0.1, 0.15) is 0 Å². The third-order valence-corrected chi connectivity index (χ3v) is 11.0. The van der Waals surface area contributed by atoms with E-state index in [1.165, 1.54) is 38.6 Å². The fourth-order valence-electron chi connectivity index (χ4n) is 8.15. The van der Waals surface area contributed by atoms with E-state index in [1.807, 2.05) is 18.3 Å². The average Bonchev–Trinajstić information content (AvgIpc) is 3.66. The summed E-state index contributed by atoms with van der Waals surface area (Å²) in [5, 5.41) is 6.95. The number of rotatable bonds is 5. The van der Waals surface area contributed by atoms with E-state index in [-0.39, 0.29) is 0 Å². The van der Waals surface area contributed by atoms with Crippen LogP contribution >= 0.6 is 0 Å². The maximum absolute atomic E-state index is 6.31. The van der Waals surface area contributed by atoms with Crippen molar-refractivity contribution in [2.75, 3.05) is 0 Å². The summed E-state index contributed by atoms with van der Waals surface area (Å²) < 4.78 is 6.31. The molecule has 0 spiro atoms. The summed E-state index contributed by atoms with van der Waals surface area (Å²) >= 11 is 0. The quantitative estimate of drug-likeness (QED) is 0.168. The lowest BCUT2D eigenvalue weighted by Gasteiger charge is -2.11. The van der Waals surface area contributed by atoms with Crippen LogP contribution in [0.2, 0.25) is 0 Å². The van der Waals surface area contributed by atoms with Crippen molar-refractivity contribution in [3.8, 4) is 55.8 Å². The third-order valence-electron chi connectivity index (χ3n) is 11.0. The van der Waals surface area contributed by atoms with Crippen LogP contribution in [0.3, 0.4) is 0 Å². The molecule has 2 aromatic heterocycles. The number of nitrogens with zero attached hydrogens (tertiary/aromatic N) is 2. The van der Waals surface area contributed by atoms with Gasteiger partial charge in [-0.2, -0.15) is 0 Å². The van der Waals surface area contributed by atoms with Gasteiger partial charge in [0.25, 0.3) is 0 Å². The van der Waals surface area contributed by atoms with Gasteiger partial charge in [0.05, 0.1) is 22.9 Å². The first-order chi connectivity index (χ1) is 27.2. The lowest BCUT2D eigenvalue weighted by Crippen LogP contribution is -1.92. The molecule has 0 fully saturated rings. The molecule has 0 atom stereocenters. The van der Waals surface area contributed by atoms with Gasteiger partial charge in [-0.15, -0.1) is 0 Å². The zero-order chi connectivity index (χ0) is 36.3. The molecule has 3 heteroatoms. The van der Waals surface area contributed by atoms with Gasteiger partial charge in [-0.25, -0.2) is 4.98 Å². The molecular weight excluding hydrogens is 669 g/mol. The number of aromatic nitrogens is 2. The molecule has 0 radical (unpaired) electrons. The molecule has 0 amide bonds. The van der Waals surface area contributed by atoms with Crippen molar-refractivity contribution in [1.29, 1.82) is 0 Å². The molecule has 55 heavy (non-hydrogen) atoms. The minimum absolute atomic E-state index is 0.868. The number of hydrogen-bond acceptors (Lipinski definition) is 3. The summed E-state index contributed by atoms with van der Waals surface area (Å²) in [7, 11) is 0. The zero-order valence-corrected chi connectivity index (χ0v) is 29.8. The molecule has 11 rings (SSSR count). The van der Waals surface area contributed by atoms with Crippen molar-refractivity contribution in [3.63, 3.8) is 0 Å². The van der Waals surface area contributed by atoms with Crippen LogP contribution in [0.15, 0.2) is 199 Å². The Hall–Kier alpha value is -7.36. The van der Waals surface area contributed by atoms with E-state index in [2.05, 4.69) is 176 Å². The molecule has 9 aromatic carbocycles. The summed E-state index contributed by atoms with van der Waals surface area (Å²) in [5.74, 6) is 0. The summed E-state index contributed by atoms with van der Waals surface area (Å²) in [5.41, 5.74) is 14.9. The number of furan rings is 1. The zero-order valence-electron chi connectivity index (χ0n) is 29.8. The first-order valence-electron chi connectivity index (χ1n) is 18.6. The van der Waals surface area contributed by atoms with Gasteiger partial charge < -0.3 is 4.42 Å². The second-order valence-electron chi connectivity index (χ2n) is 14.1. The molecule has 0 bridgehead atoms. The minimum atomic E-state index is 0.868. The maximum Gasteiger partial charge on any atom is 0.143 e. The fourth-order valence-corrected chi connectivity index (χ4v) is 8.15. The van der Waals surface area contributed by atoms with E-state index in [0.29, 0.717) is 0 Å². The standard InChI is InChI=1S/C52H32N2O/c1-3-14-45-42(11-1)43-12-2-4-15-46(43)51-50(45)53-32-48(54-51)38-29-25-34(26-30-38)33-19-21-35(22-20-33)39-9-7-10-40(31-39)36-23-27-37(28-24-36)41-16-8-17-47-44-13-5-6-18-49(44)55-52(41)47/h1-32H. The molecule has 0 saturated heterocycles. The Morgan fingerprint density at radius 1 is 0.327 bits per heavy atom. The molecule has 0 aliphatic heterocycles. The smallest absolute Gasteiger partial charge is 0.143 e. The highest BCUT2D eigenvalue weighted by atomic mass is 16.3. The molecule has 0 unspecified atom stereocenters. The van der Waals surface area contributed by atoms with E-state index in [9.17, 15) is 0 Å². The molecule has 256 valence electrons. The summed E-state index contributed by atoms with van der Waals surface area (Å²) in [6.45, 7) is 0. The van der Waals surface area contributed by atoms with E-state index in [0.717, 1.165) is 71.7 Å². The van der Waals surface area contributed by atoms with E-state index >= 15 is 0 Å². The first kappa shape index (κ1) is 31.2. The monoisotopic (exact) mass is 700 g/mol. The fraction of sp³-hybridized carbons (Fsp3) is 0. The second-order valence-corrected chi connectivity index (χ2v) is 14.1. The highest BCUT2D eigenvalue weighted by Crippen LogP contribution is 2.38. The lowest BCUT2D eigenvalue weighted by molar-refractivity contribution is 0.670. The van der Waals surface area contributed by atoms with Gasteiger partial charge in [0, 0.05) is 32.7 Å². The molecule has 0 N–H and O–H groups in total. The van der Waals surface area contributed by atoms with E-state index in [1.54, 1.807) is 0 Å². The van der Waals surface area contributed by atoms with Gasteiger partial charge in [0.2, 0.25) is 0 Å². The molecule has 11 aromatic rings. The summed E-state index contributed by atoms with van der Waals surface area (Å²) in [6.07, 6.45) is 1.90. The molecule has 3 nitrogen and oxygen atoms in total. The van der Waals surface area contributed by atoms with Crippen LogP contribution in [0.25, 0.3) is 110 Å². The van der Waals surface area contributed by atoms with Gasteiger partial charge in [-0.05, 0) is 61.8 Å². The topological polar surface area (TPSA) is 38.9 Å². The van der Waals surface area contributed by atoms with Crippen molar-refractivity contribution in [2.45, 2.75) is 0 Å². The Labute approximate surface area is 317 Å². The van der Waals surface area contributed by atoms with Gasteiger partial charge >= 0.3 is 0 Å². The van der Waals surface area contributed by atoms with Crippen LogP contribution in [-0.2, 0) is 0 Å². The highest BCUT2D eigenvalue weighted by Gasteiger charge is 2.14. The van der Waals surface area contributed by atoms with Crippen molar-refractivity contribution in [2.24, 2.45) is 0 Å². The predicted octanol–water partition coefficient (Wildman–Crippen LogP) is 14.2. The number of benzene rings is 9. The number of hydrogen-bond donors (Lipinski definition) is 0. The van der Waals surface area contributed by atoms with Crippen LogP contribution in [0.5, 0.6) is 0 Å². The van der Waals surface area contributed by atoms with E-state index in [4.69, 9.17) is 14.4 Å². The summed E-state index contributed by atoms with van der Waals surface area (Å²) in [4.78, 5) is 10.1. The predicted molar refractivity (Wildman–Crippen MR) is 229 cm³/mol. The maximum atomic E-state index is 6.31. The van der Waals surface area contributed by atoms with Crippen molar-refractivity contribution < 1.29 is 4.42 Å². The van der Waals surface area contributed by atoms with Crippen LogP contribution in [0, 0.1) is 0 Å². The van der Waals surface area contributed by atoms with Crippen molar-refractivity contribution in [3.05, 3.63) is 194 Å². The van der Waals surface area contributed by atoms with Crippen LogP contribution in [-0.4, -0.2) is 9.97 Å². The van der Waals surface area contributed by atoms with Gasteiger partial charge in [-0.3, -0.25) is 4.98 Å². The summed E-state index contributed by atoms with van der Waals surface area (Å²) in [6, 6.07) is 66.6. The Morgan fingerprint density at radius 3 is 1.44 bits per heavy atom. The average molecular weight is 701 g/mol. The van der Waals surface area contributed by atoms with Gasteiger partial charge in [0.15, 0.2) is 0 Å².